The number of hydrogen-bond acceptors (Lipinski definition) is 5. The summed E-state index contributed by atoms with van der Waals surface area (Å²) in [6.07, 6.45) is 2.72. The van der Waals surface area contributed by atoms with Gasteiger partial charge in [-0.3, -0.25) is 4.79 Å². The molecule has 2 aromatic rings. The molecular weight excluding hydrogens is 404 g/mol. The molecule has 0 unspecified atom stereocenters. The number of carbonyl (C=O) groups excluding carboxylic acids is 1. The van der Waals surface area contributed by atoms with Gasteiger partial charge in [0, 0.05) is 49.0 Å². The Hall–Kier alpha value is -2.28. The molecule has 0 radical (unpaired) electrons. The van der Waals surface area contributed by atoms with Crippen molar-refractivity contribution in [2.24, 2.45) is 0 Å². The molecule has 162 valence electrons. The lowest BCUT2D eigenvalue weighted by atomic mass is 10.0. The SMILES string of the molecule is COCCCOc1cc(C(=O)N(c2ccc(Cl)cc2)[C@@H]2CCCNC2)ccc1OC. The number of rotatable bonds is 9. The van der Waals surface area contributed by atoms with Crippen molar-refractivity contribution in [3.05, 3.63) is 53.1 Å². The fourth-order valence-electron chi connectivity index (χ4n) is 3.60. The summed E-state index contributed by atoms with van der Waals surface area (Å²) in [5, 5.41) is 4.04. The molecule has 1 heterocycles. The van der Waals surface area contributed by atoms with Gasteiger partial charge in [0.05, 0.1) is 13.7 Å². The van der Waals surface area contributed by atoms with Crippen molar-refractivity contribution in [3.8, 4) is 11.5 Å². The van der Waals surface area contributed by atoms with Gasteiger partial charge in [0.25, 0.3) is 5.91 Å². The van der Waals surface area contributed by atoms with E-state index in [1.54, 1.807) is 32.4 Å². The first-order valence-electron chi connectivity index (χ1n) is 10.2. The van der Waals surface area contributed by atoms with Crippen LogP contribution in [0, 0.1) is 0 Å². The molecule has 0 bridgehead atoms. The summed E-state index contributed by atoms with van der Waals surface area (Å²) in [5.74, 6) is 1.08. The minimum atomic E-state index is -0.0737. The van der Waals surface area contributed by atoms with E-state index in [0.29, 0.717) is 35.3 Å². The Morgan fingerprint density at radius 2 is 1.93 bits per heavy atom. The summed E-state index contributed by atoms with van der Waals surface area (Å²) in [7, 11) is 3.25. The van der Waals surface area contributed by atoms with Gasteiger partial charge in [0.1, 0.15) is 0 Å². The maximum Gasteiger partial charge on any atom is 0.258 e. The number of amides is 1. The zero-order chi connectivity index (χ0) is 21.3. The lowest BCUT2D eigenvalue weighted by Crippen LogP contribution is -2.49. The van der Waals surface area contributed by atoms with Crippen molar-refractivity contribution in [3.63, 3.8) is 0 Å². The highest BCUT2D eigenvalue weighted by atomic mass is 35.5. The summed E-state index contributed by atoms with van der Waals surface area (Å²) in [4.78, 5) is 15.5. The van der Waals surface area contributed by atoms with Gasteiger partial charge in [0.2, 0.25) is 0 Å². The van der Waals surface area contributed by atoms with Crippen LogP contribution in [-0.2, 0) is 4.74 Å². The van der Waals surface area contributed by atoms with E-state index in [1.165, 1.54) is 0 Å². The van der Waals surface area contributed by atoms with Crippen molar-refractivity contribution in [2.45, 2.75) is 25.3 Å². The molecule has 6 nitrogen and oxygen atoms in total. The number of ether oxygens (including phenoxy) is 3. The molecule has 1 amide bonds. The molecular formula is C23H29ClN2O4. The second-order valence-corrected chi connectivity index (χ2v) is 7.65. The largest absolute Gasteiger partial charge is 0.493 e. The standard InChI is InChI=1S/C23H29ClN2O4/c1-28-13-4-14-30-22-15-17(6-11-21(22)29-2)23(27)26(20-5-3-12-25-16-20)19-9-7-18(24)8-10-19/h6-11,15,20,25H,3-5,12-14,16H2,1-2H3/t20-/m1/s1. The maximum atomic E-state index is 13.6. The number of methoxy groups -OCH3 is 2. The van der Waals surface area contributed by atoms with Crippen molar-refractivity contribution in [1.29, 1.82) is 0 Å². The zero-order valence-electron chi connectivity index (χ0n) is 17.5. The topological polar surface area (TPSA) is 60.0 Å². The van der Waals surface area contributed by atoms with E-state index in [4.69, 9.17) is 25.8 Å². The highest BCUT2D eigenvalue weighted by Gasteiger charge is 2.28. The van der Waals surface area contributed by atoms with E-state index in [2.05, 4.69) is 5.32 Å². The Bertz CT molecular complexity index is 822. The highest BCUT2D eigenvalue weighted by molar-refractivity contribution is 6.30. The summed E-state index contributed by atoms with van der Waals surface area (Å²) >= 11 is 6.07. The molecule has 3 rings (SSSR count). The van der Waals surface area contributed by atoms with Gasteiger partial charge in [-0.05, 0) is 61.9 Å². The Kier molecular flexibility index (Phi) is 8.37. The van der Waals surface area contributed by atoms with Crippen molar-refractivity contribution < 1.29 is 19.0 Å². The molecule has 2 aromatic carbocycles. The first kappa shape index (κ1) is 22.4. The van der Waals surface area contributed by atoms with Crippen molar-refractivity contribution in [2.75, 3.05) is 45.4 Å². The third-order valence-electron chi connectivity index (χ3n) is 5.12. The van der Waals surface area contributed by atoms with Gasteiger partial charge in [0.15, 0.2) is 11.5 Å². The van der Waals surface area contributed by atoms with Gasteiger partial charge >= 0.3 is 0 Å². The summed E-state index contributed by atoms with van der Waals surface area (Å²) in [6, 6.07) is 12.8. The van der Waals surface area contributed by atoms with Crippen LogP contribution in [0.4, 0.5) is 5.69 Å². The number of hydrogen-bond donors (Lipinski definition) is 1. The van der Waals surface area contributed by atoms with E-state index >= 15 is 0 Å². The van der Waals surface area contributed by atoms with Crippen LogP contribution in [0.25, 0.3) is 0 Å². The zero-order valence-corrected chi connectivity index (χ0v) is 18.3. The number of carbonyl (C=O) groups is 1. The van der Waals surface area contributed by atoms with Gasteiger partial charge < -0.3 is 24.4 Å². The third-order valence-corrected chi connectivity index (χ3v) is 5.37. The normalized spacial score (nSPS) is 16.2. The minimum absolute atomic E-state index is 0.0700. The van der Waals surface area contributed by atoms with Gasteiger partial charge in [-0.1, -0.05) is 11.6 Å². The van der Waals surface area contributed by atoms with Crippen LogP contribution >= 0.6 is 11.6 Å². The molecule has 1 aliphatic rings. The second kappa shape index (κ2) is 11.2. The van der Waals surface area contributed by atoms with E-state index in [9.17, 15) is 4.79 Å². The van der Waals surface area contributed by atoms with Gasteiger partial charge in [-0.25, -0.2) is 0 Å². The van der Waals surface area contributed by atoms with Crippen molar-refractivity contribution >= 4 is 23.2 Å². The third kappa shape index (κ3) is 5.65. The van der Waals surface area contributed by atoms with E-state index < -0.39 is 0 Å². The first-order valence-corrected chi connectivity index (χ1v) is 10.6. The van der Waals surface area contributed by atoms with E-state index in [0.717, 1.165) is 38.0 Å². The number of halogens is 1. The first-order chi connectivity index (χ1) is 14.6. The molecule has 0 aliphatic carbocycles. The summed E-state index contributed by atoms with van der Waals surface area (Å²) in [6.45, 7) is 2.82. The molecule has 1 N–H and O–H groups in total. The Labute approximate surface area is 183 Å². The summed E-state index contributed by atoms with van der Waals surface area (Å²) < 4.78 is 16.3. The molecule has 0 saturated carbocycles. The molecule has 0 spiro atoms. The molecule has 1 fully saturated rings. The lowest BCUT2D eigenvalue weighted by Gasteiger charge is -2.35. The fraction of sp³-hybridized carbons (Fsp3) is 0.435. The molecule has 1 saturated heterocycles. The Morgan fingerprint density at radius 1 is 1.13 bits per heavy atom. The molecule has 0 aromatic heterocycles. The van der Waals surface area contributed by atoms with Gasteiger partial charge in [-0.15, -0.1) is 0 Å². The molecule has 30 heavy (non-hydrogen) atoms. The molecule has 1 aliphatic heterocycles. The fourth-order valence-corrected chi connectivity index (χ4v) is 3.72. The smallest absolute Gasteiger partial charge is 0.258 e. The number of anilines is 1. The second-order valence-electron chi connectivity index (χ2n) is 7.21. The monoisotopic (exact) mass is 432 g/mol. The van der Waals surface area contributed by atoms with E-state index in [1.807, 2.05) is 29.2 Å². The van der Waals surface area contributed by atoms with Crippen LogP contribution in [-0.4, -0.2) is 52.5 Å². The van der Waals surface area contributed by atoms with Crippen LogP contribution < -0.4 is 19.7 Å². The van der Waals surface area contributed by atoms with Crippen molar-refractivity contribution in [1.82, 2.24) is 5.32 Å². The van der Waals surface area contributed by atoms with E-state index in [-0.39, 0.29) is 11.9 Å². The highest BCUT2D eigenvalue weighted by Crippen LogP contribution is 2.31. The maximum absolute atomic E-state index is 13.6. The molecule has 1 atom stereocenters. The van der Waals surface area contributed by atoms with Crippen LogP contribution in [0.3, 0.4) is 0 Å². The average Bonchev–Trinajstić information content (AvgIpc) is 2.78. The van der Waals surface area contributed by atoms with Crippen LogP contribution in [0.2, 0.25) is 5.02 Å². The lowest BCUT2D eigenvalue weighted by molar-refractivity contribution is 0.0971. The van der Waals surface area contributed by atoms with Gasteiger partial charge in [-0.2, -0.15) is 0 Å². The minimum Gasteiger partial charge on any atom is -0.493 e. The average molecular weight is 433 g/mol. The summed E-state index contributed by atoms with van der Waals surface area (Å²) in [5.41, 5.74) is 1.38. The van der Waals surface area contributed by atoms with Crippen LogP contribution in [0.5, 0.6) is 11.5 Å². The predicted molar refractivity (Wildman–Crippen MR) is 119 cm³/mol. The Balaban J connectivity index is 1.88. The number of benzene rings is 2. The Morgan fingerprint density at radius 3 is 2.60 bits per heavy atom. The van der Waals surface area contributed by atoms with Crippen LogP contribution in [0.15, 0.2) is 42.5 Å². The van der Waals surface area contributed by atoms with Crippen LogP contribution in [0.1, 0.15) is 29.6 Å². The number of nitrogens with zero attached hydrogens (tertiary/aromatic N) is 1. The predicted octanol–water partition coefficient (Wildman–Crippen LogP) is 4.16. The molecule has 7 heteroatoms. The quantitative estimate of drug-likeness (QED) is 0.603. The number of nitrogens with one attached hydrogen (secondary N) is 1. The number of piperidine rings is 1.